The zero-order valence-corrected chi connectivity index (χ0v) is 18.5. The minimum atomic E-state index is -3.84. The first-order valence-corrected chi connectivity index (χ1v) is 11.7. The summed E-state index contributed by atoms with van der Waals surface area (Å²) in [4.78, 5) is 15.8. The number of carbonyl (C=O) groups excluding carboxylic acids is 1. The SMILES string of the molecule is CCN(Cc1cccs1)C(=O)c1cc(S(=O)(=O)N(C)c2ccccc2)ccc1Cl. The second kappa shape index (κ2) is 8.98. The lowest BCUT2D eigenvalue weighted by molar-refractivity contribution is 0.0754. The van der Waals surface area contributed by atoms with Crippen molar-refractivity contribution < 1.29 is 13.2 Å². The van der Waals surface area contributed by atoms with E-state index in [-0.39, 0.29) is 21.4 Å². The number of nitrogens with zero attached hydrogens (tertiary/aromatic N) is 2. The van der Waals surface area contributed by atoms with Gasteiger partial charge < -0.3 is 4.90 Å². The molecule has 0 aliphatic carbocycles. The monoisotopic (exact) mass is 448 g/mol. The molecule has 3 aromatic rings. The molecule has 0 radical (unpaired) electrons. The van der Waals surface area contributed by atoms with Gasteiger partial charge in [-0.3, -0.25) is 9.10 Å². The average molecular weight is 449 g/mol. The summed E-state index contributed by atoms with van der Waals surface area (Å²) in [5, 5.41) is 2.17. The van der Waals surface area contributed by atoms with Crippen molar-refractivity contribution >= 4 is 44.6 Å². The van der Waals surface area contributed by atoms with Crippen LogP contribution in [0.4, 0.5) is 5.69 Å². The third-order valence-corrected chi connectivity index (χ3v) is 7.51. The zero-order valence-electron chi connectivity index (χ0n) is 16.1. The van der Waals surface area contributed by atoms with Crippen LogP contribution in [0.3, 0.4) is 0 Å². The predicted octanol–water partition coefficient (Wildman–Crippen LogP) is 4.89. The number of thiophene rings is 1. The van der Waals surface area contributed by atoms with Crippen LogP contribution in [0.5, 0.6) is 0 Å². The Morgan fingerprint density at radius 1 is 1.07 bits per heavy atom. The molecule has 0 unspecified atom stereocenters. The van der Waals surface area contributed by atoms with E-state index in [2.05, 4.69) is 0 Å². The van der Waals surface area contributed by atoms with Crippen molar-refractivity contribution in [2.45, 2.75) is 18.4 Å². The standard InChI is InChI=1S/C21H21ClN2O3S2/c1-3-24(15-17-10-7-13-28-17)21(25)19-14-18(11-12-20(19)22)29(26,27)23(2)16-8-5-4-6-9-16/h4-14H,3,15H2,1-2H3. The highest BCUT2D eigenvalue weighted by molar-refractivity contribution is 7.92. The van der Waals surface area contributed by atoms with Crippen LogP contribution in [-0.2, 0) is 16.6 Å². The third kappa shape index (κ3) is 4.63. The molecular weight excluding hydrogens is 428 g/mol. The Labute approximate surface area is 180 Å². The van der Waals surface area contributed by atoms with Crippen LogP contribution in [0.25, 0.3) is 0 Å². The number of carbonyl (C=O) groups is 1. The largest absolute Gasteiger partial charge is 0.334 e. The molecule has 2 aromatic carbocycles. The molecule has 0 N–H and O–H groups in total. The Hall–Kier alpha value is -2.35. The molecule has 1 heterocycles. The summed E-state index contributed by atoms with van der Waals surface area (Å²) < 4.78 is 27.3. The van der Waals surface area contributed by atoms with Crippen LogP contribution in [0.15, 0.2) is 70.9 Å². The van der Waals surface area contributed by atoms with E-state index in [4.69, 9.17) is 11.6 Å². The Morgan fingerprint density at radius 2 is 1.79 bits per heavy atom. The summed E-state index contributed by atoms with van der Waals surface area (Å²) >= 11 is 7.83. The van der Waals surface area contributed by atoms with Gasteiger partial charge in [0.1, 0.15) is 0 Å². The van der Waals surface area contributed by atoms with Gasteiger partial charge in [0, 0.05) is 18.5 Å². The number of sulfonamides is 1. The van der Waals surface area contributed by atoms with E-state index < -0.39 is 10.0 Å². The molecule has 1 amide bonds. The Bertz CT molecular complexity index is 1080. The second-order valence-corrected chi connectivity index (χ2v) is 9.76. The molecule has 0 fully saturated rings. The molecule has 0 spiro atoms. The van der Waals surface area contributed by atoms with Crippen LogP contribution in [0, 0.1) is 0 Å². The van der Waals surface area contributed by atoms with Gasteiger partial charge in [-0.2, -0.15) is 0 Å². The van der Waals surface area contributed by atoms with Crippen molar-refractivity contribution in [1.82, 2.24) is 4.90 Å². The number of hydrogen-bond donors (Lipinski definition) is 0. The number of halogens is 1. The number of rotatable bonds is 7. The van der Waals surface area contributed by atoms with Gasteiger partial charge in [-0.15, -0.1) is 11.3 Å². The number of hydrogen-bond acceptors (Lipinski definition) is 4. The maximum atomic E-state index is 13.1. The maximum absolute atomic E-state index is 13.1. The van der Waals surface area contributed by atoms with E-state index >= 15 is 0 Å². The van der Waals surface area contributed by atoms with Crippen LogP contribution >= 0.6 is 22.9 Å². The lowest BCUT2D eigenvalue weighted by Crippen LogP contribution is -2.31. The van der Waals surface area contributed by atoms with Crippen molar-refractivity contribution in [1.29, 1.82) is 0 Å². The number of anilines is 1. The normalized spacial score (nSPS) is 11.3. The summed E-state index contributed by atoms with van der Waals surface area (Å²) in [5.41, 5.74) is 0.704. The Balaban J connectivity index is 1.94. The van der Waals surface area contributed by atoms with Gasteiger partial charge >= 0.3 is 0 Å². The van der Waals surface area contributed by atoms with Gasteiger partial charge in [0.05, 0.1) is 27.7 Å². The number of benzene rings is 2. The van der Waals surface area contributed by atoms with Gasteiger partial charge in [0.25, 0.3) is 15.9 Å². The molecule has 0 bridgehead atoms. The third-order valence-electron chi connectivity index (χ3n) is 4.54. The molecule has 0 saturated heterocycles. The van der Waals surface area contributed by atoms with E-state index in [9.17, 15) is 13.2 Å². The molecule has 8 heteroatoms. The molecular formula is C21H21ClN2O3S2. The first kappa shape index (κ1) is 21.4. The van der Waals surface area contributed by atoms with E-state index in [0.717, 1.165) is 4.88 Å². The summed E-state index contributed by atoms with van der Waals surface area (Å²) in [7, 11) is -2.36. The summed E-state index contributed by atoms with van der Waals surface area (Å²) in [6, 6.07) is 16.9. The molecule has 152 valence electrons. The van der Waals surface area contributed by atoms with Crippen molar-refractivity contribution in [2.24, 2.45) is 0 Å². The highest BCUT2D eigenvalue weighted by Gasteiger charge is 2.25. The summed E-state index contributed by atoms with van der Waals surface area (Å²) in [5.74, 6) is -0.301. The molecule has 0 aliphatic rings. The fraction of sp³-hybridized carbons (Fsp3) is 0.190. The topological polar surface area (TPSA) is 57.7 Å². The molecule has 0 atom stereocenters. The van der Waals surface area contributed by atoms with Crippen molar-refractivity contribution in [2.75, 3.05) is 17.9 Å². The molecule has 5 nitrogen and oxygen atoms in total. The predicted molar refractivity (Wildman–Crippen MR) is 118 cm³/mol. The van der Waals surface area contributed by atoms with Crippen molar-refractivity contribution in [3.8, 4) is 0 Å². The van der Waals surface area contributed by atoms with Gasteiger partial charge in [0.15, 0.2) is 0 Å². The minimum absolute atomic E-state index is 0.0174. The quantitative estimate of drug-likeness (QED) is 0.517. The molecule has 0 saturated carbocycles. The minimum Gasteiger partial charge on any atom is -0.334 e. The first-order valence-electron chi connectivity index (χ1n) is 8.99. The molecule has 0 aliphatic heterocycles. The average Bonchev–Trinajstić information content (AvgIpc) is 3.25. The molecule has 29 heavy (non-hydrogen) atoms. The molecule has 1 aromatic heterocycles. The van der Waals surface area contributed by atoms with Gasteiger partial charge in [-0.1, -0.05) is 35.9 Å². The van der Waals surface area contributed by atoms with Crippen LogP contribution in [0.2, 0.25) is 5.02 Å². The lowest BCUT2D eigenvalue weighted by atomic mass is 10.2. The first-order chi connectivity index (χ1) is 13.8. The highest BCUT2D eigenvalue weighted by Crippen LogP contribution is 2.27. The van der Waals surface area contributed by atoms with E-state index in [1.54, 1.807) is 40.5 Å². The Kier molecular flexibility index (Phi) is 6.62. The van der Waals surface area contributed by atoms with Crippen LogP contribution in [0.1, 0.15) is 22.2 Å². The van der Waals surface area contributed by atoms with E-state index in [1.807, 2.05) is 30.5 Å². The number of amides is 1. The maximum Gasteiger partial charge on any atom is 0.264 e. The fourth-order valence-electron chi connectivity index (χ4n) is 2.85. The van der Waals surface area contributed by atoms with Crippen molar-refractivity contribution in [3.63, 3.8) is 0 Å². The van der Waals surface area contributed by atoms with Crippen molar-refractivity contribution in [3.05, 3.63) is 81.5 Å². The lowest BCUT2D eigenvalue weighted by Gasteiger charge is -2.22. The molecule has 3 rings (SSSR count). The summed E-state index contributed by atoms with van der Waals surface area (Å²) in [6.07, 6.45) is 0. The van der Waals surface area contributed by atoms with Gasteiger partial charge in [-0.05, 0) is 48.7 Å². The fourth-order valence-corrected chi connectivity index (χ4v) is 4.99. The Morgan fingerprint density at radius 3 is 2.41 bits per heavy atom. The number of para-hydroxylation sites is 1. The second-order valence-electron chi connectivity index (χ2n) is 6.35. The van der Waals surface area contributed by atoms with Gasteiger partial charge in [0.2, 0.25) is 0 Å². The van der Waals surface area contributed by atoms with E-state index in [1.165, 1.54) is 29.6 Å². The van der Waals surface area contributed by atoms with E-state index in [0.29, 0.717) is 18.8 Å². The summed E-state index contributed by atoms with van der Waals surface area (Å²) in [6.45, 7) is 2.81. The van der Waals surface area contributed by atoms with Gasteiger partial charge in [-0.25, -0.2) is 8.42 Å². The smallest absolute Gasteiger partial charge is 0.264 e. The van der Waals surface area contributed by atoms with Crippen LogP contribution in [-0.4, -0.2) is 32.8 Å². The van der Waals surface area contributed by atoms with Crippen LogP contribution < -0.4 is 4.31 Å². The highest BCUT2D eigenvalue weighted by atomic mass is 35.5. The zero-order chi connectivity index (χ0) is 21.0.